The van der Waals surface area contributed by atoms with Crippen LogP contribution in [-0.2, 0) is 11.2 Å². The Bertz CT molecular complexity index is 553. The number of nitrogens with zero attached hydrogens (tertiary/aromatic N) is 1. The normalized spacial score (nSPS) is 20.9. The zero-order valence-corrected chi connectivity index (χ0v) is 12.4. The van der Waals surface area contributed by atoms with Crippen molar-refractivity contribution in [2.45, 2.75) is 24.8 Å². The van der Waals surface area contributed by atoms with E-state index in [2.05, 4.69) is 10.6 Å². The number of benzene rings is 1. The first-order valence-corrected chi connectivity index (χ1v) is 7.58. The lowest BCUT2D eigenvalue weighted by atomic mass is 9.88. The third kappa shape index (κ3) is 2.76. The first-order valence-electron chi connectivity index (χ1n) is 7.20. The standard InChI is InChI=1S/C15H18ClN3O2/c16-12-3-1-11(2-4-12)5-10-19-13(20)15(18-14(19)21)6-8-17-9-7-15/h1-4,17H,5-10H2,(H,18,21). The molecule has 0 atom stereocenters. The van der Waals surface area contributed by atoms with Gasteiger partial charge in [0.15, 0.2) is 0 Å². The van der Waals surface area contributed by atoms with Gasteiger partial charge in [-0.3, -0.25) is 9.69 Å². The second kappa shape index (κ2) is 5.66. The first-order chi connectivity index (χ1) is 10.1. The van der Waals surface area contributed by atoms with Crippen LogP contribution >= 0.6 is 11.6 Å². The van der Waals surface area contributed by atoms with E-state index in [1.165, 1.54) is 4.90 Å². The molecule has 1 aromatic carbocycles. The summed E-state index contributed by atoms with van der Waals surface area (Å²) in [7, 11) is 0. The highest BCUT2D eigenvalue weighted by Crippen LogP contribution is 2.27. The van der Waals surface area contributed by atoms with Gasteiger partial charge in [0.25, 0.3) is 5.91 Å². The molecular formula is C15H18ClN3O2. The Balaban J connectivity index is 1.66. The van der Waals surface area contributed by atoms with Crippen molar-refractivity contribution in [3.8, 4) is 0 Å². The molecule has 0 bridgehead atoms. The molecule has 2 N–H and O–H groups in total. The van der Waals surface area contributed by atoms with Gasteiger partial charge in [0, 0.05) is 11.6 Å². The smallest absolute Gasteiger partial charge is 0.323 e. The number of imide groups is 1. The number of urea groups is 1. The number of carbonyl (C=O) groups excluding carboxylic acids is 2. The molecule has 0 saturated carbocycles. The van der Waals surface area contributed by atoms with Gasteiger partial charge in [0.2, 0.25) is 0 Å². The lowest BCUT2D eigenvalue weighted by Crippen LogP contribution is -2.53. The lowest BCUT2D eigenvalue weighted by molar-refractivity contribution is -0.132. The van der Waals surface area contributed by atoms with Crippen LogP contribution in [0, 0.1) is 0 Å². The van der Waals surface area contributed by atoms with Crippen molar-refractivity contribution in [1.82, 2.24) is 15.5 Å². The predicted octanol–water partition coefficient (Wildman–Crippen LogP) is 1.56. The van der Waals surface area contributed by atoms with Gasteiger partial charge in [0.1, 0.15) is 5.54 Å². The van der Waals surface area contributed by atoms with Crippen LogP contribution in [0.3, 0.4) is 0 Å². The third-order valence-electron chi connectivity index (χ3n) is 4.24. The highest BCUT2D eigenvalue weighted by atomic mass is 35.5. The topological polar surface area (TPSA) is 61.4 Å². The van der Waals surface area contributed by atoms with Crippen LogP contribution in [-0.4, -0.2) is 42.0 Å². The van der Waals surface area contributed by atoms with E-state index in [-0.39, 0.29) is 11.9 Å². The average molecular weight is 308 g/mol. The van der Waals surface area contributed by atoms with Crippen LogP contribution in [0.1, 0.15) is 18.4 Å². The Morgan fingerprint density at radius 2 is 1.81 bits per heavy atom. The highest BCUT2D eigenvalue weighted by molar-refractivity contribution is 6.30. The number of piperidine rings is 1. The van der Waals surface area contributed by atoms with Gasteiger partial charge >= 0.3 is 6.03 Å². The summed E-state index contributed by atoms with van der Waals surface area (Å²) in [6.45, 7) is 1.93. The molecule has 0 aliphatic carbocycles. The molecule has 6 heteroatoms. The number of amides is 3. The number of carbonyl (C=O) groups is 2. The average Bonchev–Trinajstić information content (AvgIpc) is 2.71. The Morgan fingerprint density at radius 3 is 2.48 bits per heavy atom. The fourth-order valence-electron chi connectivity index (χ4n) is 2.96. The summed E-state index contributed by atoms with van der Waals surface area (Å²) in [6.07, 6.45) is 1.97. The van der Waals surface area contributed by atoms with Crippen molar-refractivity contribution < 1.29 is 9.59 Å². The molecule has 2 aliphatic rings. The van der Waals surface area contributed by atoms with E-state index in [0.29, 0.717) is 30.8 Å². The summed E-state index contributed by atoms with van der Waals surface area (Å²) >= 11 is 5.85. The summed E-state index contributed by atoms with van der Waals surface area (Å²) in [5.74, 6) is -0.0806. The third-order valence-corrected chi connectivity index (χ3v) is 4.49. The molecule has 5 nitrogen and oxygen atoms in total. The van der Waals surface area contributed by atoms with Gasteiger partial charge < -0.3 is 10.6 Å². The zero-order valence-electron chi connectivity index (χ0n) is 11.7. The Morgan fingerprint density at radius 1 is 1.14 bits per heavy atom. The molecule has 0 aromatic heterocycles. The van der Waals surface area contributed by atoms with Crippen molar-refractivity contribution >= 4 is 23.5 Å². The van der Waals surface area contributed by atoms with Gasteiger partial charge in [0.05, 0.1) is 0 Å². The summed E-state index contributed by atoms with van der Waals surface area (Å²) in [5, 5.41) is 6.79. The maximum Gasteiger partial charge on any atom is 0.325 e. The van der Waals surface area contributed by atoms with Gasteiger partial charge in [-0.2, -0.15) is 0 Å². The van der Waals surface area contributed by atoms with E-state index in [9.17, 15) is 9.59 Å². The van der Waals surface area contributed by atoms with Crippen LogP contribution in [0.2, 0.25) is 5.02 Å². The second-order valence-electron chi connectivity index (χ2n) is 5.60. The number of hydrogen-bond acceptors (Lipinski definition) is 3. The number of hydrogen-bond donors (Lipinski definition) is 2. The molecule has 1 aromatic rings. The van der Waals surface area contributed by atoms with Gasteiger partial charge in [-0.15, -0.1) is 0 Å². The van der Waals surface area contributed by atoms with Crippen LogP contribution < -0.4 is 10.6 Å². The van der Waals surface area contributed by atoms with E-state index < -0.39 is 5.54 Å². The largest absolute Gasteiger partial charge is 0.325 e. The number of rotatable bonds is 3. The lowest BCUT2D eigenvalue weighted by Gasteiger charge is -2.31. The molecule has 1 spiro atoms. The minimum atomic E-state index is -0.678. The summed E-state index contributed by atoms with van der Waals surface area (Å²) in [5.41, 5.74) is 0.383. The molecular weight excluding hydrogens is 290 g/mol. The van der Waals surface area contributed by atoms with Gasteiger partial charge in [-0.05, 0) is 50.0 Å². The molecule has 2 fully saturated rings. The minimum Gasteiger partial charge on any atom is -0.323 e. The van der Waals surface area contributed by atoms with Crippen molar-refractivity contribution in [3.05, 3.63) is 34.9 Å². The quantitative estimate of drug-likeness (QED) is 0.833. The maximum atomic E-state index is 12.6. The molecule has 2 aliphatic heterocycles. The molecule has 2 heterocycles. The molecule has 2 saturated heterocycles. The molecule has 3 amide bonds. The van der Waals surface area contributed by atoms with Gasteiger partial charge in [-0.25, -0.2) is 4.79 Å². The van der Waals surface area contributed by atoms with E-state index in [4.69, 9.17) is 11.6 Å². The monoisotopic (exact) mass is 307 g/mol. The van der Waals surface area contributed by atoms with E-state index in [1.54, 1.807) is 0 Å². The van der Waals surface area contributed by atoms with Crippen molar-refractivity contribution in [2.24, 2.45) is 0 Å². The second-order valence-corrected chi connectivity index (χ2v) is 6.03. The Labute approximate surface area is 128 Å². The highest BCUT2D eigenvalue weighted by Gasteiger charge is 2.50. The fraction of sp³-hybridized carbons (Fsp3) is 0.467. The molecule has 0 unspecified atom stereocenters. The van der Waals surface area contributed by atoms with Gasteiger partial charge in [-0.1, -0.05) is 23.7 Å². The summed E-state index contributed by atoms with van der Waals surface area (Å²) in [4.78, 5) is 26.0. The predicted molar refractivity (Wildman–Crippen MR) is 80.2 cm³/mol. The summed E-state index contributed by atoms with van der Waals surface area (Å²) in [6, 6.07) is 7.20. The SMILES string of the molecule is O=C1NC2(CCNCC2)C(=O)N1CCc1ccc(Cl)cc1. The zero-order chi connectivity index (χ0) is 14.9. The molecule has 3 rings (SSSR count). The summed E-state index contributed by atoms with van der Waals surface area (Å²) < 4.78 is 0. The number of nitrogens with one attached hydrogen (secondary N) is 2. The molecule has 21 heavy (non-hydrogen) atoms. The Hall–Kier alpha value is -1.59. The van der Waals surface area contributed by atoms with Crippen molar-refractivity contribution in [3.63, 3.8) is 0 Å². The van der Waals surface area contributed by atoms with E-state index in [1.807, 2.05) is 24.3 Å². The molecule has 0 radical (unpaired) electrons. The maximum absolute atomic E-state index is 12.6. The van der Waals surface area contributed by atoms with Crippen molar-refractivity contribution in [2.75, 3.05) is 19.6 Å². The van der Waals surface area contributed by atoms with Crippen molar-refractivity contribution in [1.29, 1.82) is 0 Å². The van der Waals surface area contributed by atoms with Crippen LogP contribution in [0.5, 0.6) is 0 Å². The molecule has 112 valence electrons. The number of halogens is 1. The Kier molecular flexibility index (Phi) is 3.87. The minimum absolute atomic E-state index is 0.0806. The fourth-order valence-corrected chi connectivity index (χ4v) is 3.09. The first kappa shape index (κ1) is 14.4. The van der Waals surface area contributed by atoms with E-state index >= 15 is 0 Å². The van der Waals surface area contributed by atoms with E-state index in [0.717, 1.165) is 18.7 Å². The van der Waals surface area contributed by atoms with Crippen LogP contribution in [0.25, 0.3) is 0 Å². The van der Waals surface area contributed by atoms with Crippen LogP contribution in [0.4, 0.5) is 4.79 Å². The van der Waals surface area contributed by atoms with Crippen LogP contribution in [0.15, 0.2) is 24.3 Å².